The standard InChI is InChI=1S/C8H12N2O2S/c1-3-9-7(12)6-4-10-8(13-6)5(2)11/h4-5,11H,3H2,1-2H3,(H,9,12). The molecule has 0 saturated carbocycles. The molecule has 0 aliphatic heterocycles. The van der Waals surface area contributed by atoms with E-state index in [9.17, 15) is 4.79 Å². The average Bonchev–Trinajstić information content (AvgIpc) is 2.52. The van der Waals surface area contributed by atoms with E-state index in [1.807, 2.05) is 6.92 Å². The number of aromatic nitrogens is 1. The molecule has 0 saturated heterocycles. The number of thiazole rings is 1. The van der Waals surface area contributed by atoms with Crippen LogP contribution >= 0.6 is 11.3 Å². The highest BCUT2D eigenvalue weighted by Gasteiger charge is 2.11. The summed E-state index contributed by atoms with van der Waals surface area (Å²) in [5.74, 6) is -0.132. The summed E-state index contributed by atoms with van der Waals surface area (Å²) in [7, 11) is 0. The Morgan fingerprint density at radius 2 is 2.54 bits per heavy atom. The number of aliphatic hydroxyl groups is 1. The SMILES string of the molecule is CCNC(=O)c1cnc(C(C)O)s1. The zero-order chi connectivity index (χ0) is 9.84. The molecular formula is C8H12N2O2S. The summed E-state index contributed by atoms with van der Waals surface area (Å²) in [4.78, 5) is 15.7. The number of hydrogen-bond acceptors (Lipinski definition) is 4. The summed E-state index contributed by atoms with van der Waals surface area (Å²) < 4.78 is 0. The minimum Gasteiger partial charge on any atom is -0.386 e. The van der Waals surface area contributed by atoms with E-state index < -0.39 is 6.10 Å². The zero-order valence-corrected chi connectivity index (χ0v) is 8.39. The van der Waals surface area contributed by atoms with Crippen molar-refractivity contribution in [3.05, 3.63) is 16.1 Å². The van der Waals surface area contributed by atoms with Crippen LogP contribution in [0, 0.1) is 0 Å². The Labute approximate surface area is 80.6 Å². The Kier molecular flexibility index (Phi) is 3.39. The maximum Gasteiger partial charge on any atom is 0.262 e. The second-order valence-electron chi connectivity index (χ2n) is 2.60. The van der Waals surface area contributed by atoms with Gasteiger partial charge in [-0.15, -0.1) is 11.3 Å². The first-order chi connectivity index (χ1) is 6.15. The highest BCUT2D eigenvalue weighted by atomic mass is 32.1. The van der Waals surface area contributed by atoms with Gasteiger partial charge in [-0.3, -0.25) is 4.79 Å². The van der Waals surface area contributed by atoms with Gasteiger partial charge in [0.1, 0.15) is 16.0 Å². The Morgan fingerprint density at radius 3 is 3.00 bits per heavy atom. The third-order valence-electron chi connectivity index (χ3n) is 1.44. The van der Waals surface area contributed by atoms with Crippen molar-refractivity contribution < 1.29 is 9.90 Å². The fourth-order valence-corrected chi connectivity index (χ4v) is 1.60. The number of amides is 1. The number of carbonyl (C=O) groups is 1. The fourth-order valence-electron chi connectivity index (χ4n) is 0.833. The van der Waals surface area contributed by atoms with E-state index in [4.69, 9.17) is 5.11 Å². The van der Waals surface area contributed by atoms with Crippen LogP contribution in [0.1, 0.15) is 34.6 Å². The third kappa shape index (κ3) is 2.50. The molecule has 1 atom stereocenters. The van der Waals surface area contributed by atoms with Crippen LogP contribution in [0.3, 0.4) is 0 Å². The van der Waals surface area contributed by atoms with Crippen molar-refractivity contribution in [3.8, 4) is 0 Å². The van der Waals surface area contributed by atoms with Gasteiger partial charge in [0.05, 0.1) is 6.20 Å². The second-order valence-corrected chi connectivity index (χ2v) is 3.66. The fraction of sp³-hybridized carbons (Fsp3) is 0.500. The summed E-state index contributed by atoms with van der Waals surface area (Å²) >= 11 is 1.22. The molecule has 0 aromatic carbocycles. The number of nitrogens with zero attached hydrogens (tertiary/aromatic N) is 1. The molecule has 1 aromatic rings. The zero-order valence-electron chi connectivity index (χ0n) is 7.57. The second kappa shape index (κ2) is 4.34. The molecule has 1 heterocycles. The van der Waals surface area contributed by atoms with Crippen LogP contribution in [0.15, 0.2) is 6.20 Å². The van der Waals surface area contributed by atoms with Crippen molar-refractivity contribution in [2.75, 3.05) is 6.54 Å². The first-order valence-corrected chi connectivity index (χ1v) is 4.88. The molecule has 0 spiro atoms. The number of hydrogen-bond donors (Lipinski definition) is 2. The minimum absolute atomic E-state index is 0.132. The number of carbonyl (C=O) groups excluding carboxylic acids is 1. The lowest BCUT2D eigenvalue weighted by molar-refractivity contribution is 0.0959. The summed E-state index contributed by atoms with van der Waals surface area (Å²) in [5.41, 5.74) is 0. The van der Waals surface area contributed by atoms with E-state index in [2.05, 4.69) is 10.3 Å². The molecule has 4 nitrogen and oxygen atoms in total. The molecule has 1 unspecified atom stereocenters. The van der Waals surface area contributed by atoms with Crippen LogP contribution in [0.4, 0.5) is 0 Å². The van der Waals surface area contributed by atoms with Crippen LogP contribution in [-0.4, -0.2) is 22.5 Å². The molecule has 1 rings (SSSR count). The van der Waals surface area contributed by atoms with E-state index in [0.717, 1.165) is 0 Å². The van der Waals surface area contributed by atoms with Crippen molar-refractivity contribution in [1.82, 2.24) is 10.3 Å². The van der Waals surface area contributed by atoms with Gasteiger partial charge in [-0.05, 0) is 13.8 Å². The van der Waals surface area contributed by atoms with E-state index in [-0.39, 0.29) is 5.91 Å². The van der Waals surface area contributed by atoms with Gasteiger partial charge in [0.2, 0.25) is 0 Å². The molecule has 0 fully saturated rings. The van der Waals surface area contributed by atoms with E-state index in [0.29, 0.717) is 16.4 Å². The third-order valence-corrected chi connectivity index (χ3v) is 2.61. The first-order valence-electron chi connectivity index (χ1n) is 4.07. The molecule has 0 aliphatic carbocycles. The smallest absolute Gasteiger partial charge is 0.262 e. The van der Waals surface area contributed by atoms with Gasteiger partial charge in [0.25, 0.3) is 5.91 Å². The maximum atomic E-state index is 11.3. The topological polar surface area (TPSA) is 62.2 Å². The van der Waals surface area contributed by atoms with Crippen LogP contribution < -0.4 is 5.32 Å². The van der Waals surface area contributed by atoms with Crippen LogP contribution in [-0.2, 0) is 0 Å². The van der Waals surface area contributed by atoms with Gasteiger partial charge >= 0.3 is 0 Å². The maximum absolute atomic E-state index is 11.3. The lowest BCUT2D eigenvalue weighted by atomic mass is 10.4. The molecule has 1 amide bonds. The van der Waals surface area contributed by atoms with Crippen molar-refractivity contribution in [3.63, 3.8) is 0 Å². The quantitative estimate of drug-likeness (QED) is 0.763. The van der Waals surface area contributed by atoms with E-state index in [1.54, 1.807) is 6.92 Å². The average molecular weight is 200 g/mol. The van der Waals surface area contributed by atoms with Gasteiger partial charge in [-0.25, -0.2) is 4.98 Å². The number of aliphatic hydroxyl groups excluding tert-OH is 1. The number of nitrogens with one attached hydrogen (secondary N) is 1. The number of rotatable bonds is 3. The lowest BCUT2D eigenvalue weighted by Gasteiger charge is -1.97. The molecule has 1 aromatic heterocycles. The Balaban J connectivity index is 2.73. The highest BCUT2D eigenvalue weighted by molar-refractivity contribution is 7.13. The predicted octanol–water partition coefficient (Wildman–Crippen LogP) is 0.946. The molecule has 72 valence electrons. The van der Waals surface area contributed by atoms with Crippen molar-refractivity contribution in [2.24, 2.45) is 0 Å². The Hall–Kier alpha value is -0.940. The van der Waals surface area contributed by atoms with Crippen molar-refractivity contribution >= 4 is 17.2 Å². The summed E-state index contributed by atoms with van der Waals surface area (Å²) in [6.45, 7) is 4.08. The van der Waals surface area contributed by atoms with Gasteiger partial charge in [0.15, 0.2) is 0 Å². The Morgan fingerprint density at radius 1 is 1.85 bits per heavy atom. The molecular weight excluding hydrogens is 188 g/mol. The lowest BCUT2D eigenvalue weighted by Crippen LogP contribution is -2.21. The van der Waals surface area contributed by atoms with E-state index >= 15 is 0 Å². The molecule has 0 radical (unpaired) electrons. The minimum atomic E-state index is -0.604. The van der Waals surface area contributed by atoms with Crippen LogP contribution in [0.5, 0.6) is 0 Å². The molecule has 2 N–H and O–H groups in total. The Bertz CT molecular complexity index is 296. The van der Waals surface area contributed by atoms with Crippen molar-refractivity contribution in [2.45, 2.75) is 20.0 Å². The largest absolute Gasteiger partial charge is 0.386 e. The molecule has 13 heavy (non-hydrogen) atoms. The monoisotopic (exact) mass is 200 g/mol. The molecule has 5 heteroatoms. The van der Waals surface area contributed by atoms with Gasteiger partial charge < -0.3 is 10.4 Å². The summed E-state index contributed by atoms with van der Waals surface area (Å²) in [6, 6.07) is 0. The van der Waals surface area contributed by atoms with Gasteiger partial charge in [-0.2, -0.15) is 0 Å². The molecule has 0 aliphatic rings. The molecule has 0 bridgehead atoms. The van der Waals surface area contributed by atoms with Gasteiger partial charge in [0, 0.05) is 6.54 Å². The van der Waals surface area contributed by atoms with Crippen LogP contribution in [0.25, 0.3) is 0 Å². The van der Waals surface area contributed by atoms with Gasteiger partial charge in [-0.1, -0.05) is 0 Å². The van der Waals surface area contributed by atoms with E-state index in [1.165, 1.54) is 17.5 Å². The van der Waals surface area contributed by atoms with Crippen molar-refractivity contribution in [1.29, 1.82) is 0 Å². The summed E-state index contributed by atoms with van der Waals surface area (Å²) in [6.07, 6.45) is 0.880. The normalized spacial score (nSPS) is 12.5. The summed E-state index contributed by atoms with van der Waals surface area (Å²) in [5, 5.41) is 12.4. The predicted molar refractivity (Wildman–Crippen MR) is 50.8 cm³/mol. The first kappa shape index (κ1) is 10.1. The highest BCUT2D eigenvalue weighted by Crippen LogP contribution is 2.19. The van der Waals surface area contributed by atoms with Crippen LogP contribution in [0.2, 0.25) is 0 Å².